The Bertz CT molecular complexity index is 2750. The molecule has 13 rings (SSSR count). The number of piperidine rings is 1. The van der Waals surface area contributed by atoms with Gasteiger partial charge in [-0.2, -0.15) is 0 Å². The van der Waals surface area contributed by atoms with Crippen molar-refractivity contribution in [2.24, 2.45) is 0 Å². The molecular weight excluding hydrogens is 761 g/mol. The van der Waals surface area contributed by atoms with Gasteiger partial charge in [-0.05, 0) is 163 Å². The summed E-state index contributed by atoms with van der Waals surface area (Å²) in [7, 11) is 0. The lowest BCUT2D eigenvalue weighted by atomic mass is 9.62. The van der Waals surface area contributed by atoms with E-state index in [0.717, 1.165) is 57.9 Å². The van der Waals surface area contributed by atoms with Crippen molar-refractivity contribution in [2.75, 3.05) is 6.54 Å². The fourth-order valence-electron chi connectivity index (χ4n) is 13.1. The van der Waals surface area contributed by atoms with Gasteiger partial charge in [0.15, 0.2) is 0 Å². The van der Waals surface area contributed by atoms with Gasteiger partial charge in [-0.15, -0.1) is 0 Å². The topological polar surface area (TPSA) is 24.1 Å². The molecule has 5 aliphatic rings. The van der Waals surface area contributed by atoms with Crippen LogP contribution in [0.1, 0.15) is 99.4 Å². The first kappa shape index (κ1) is 37.3. The molecule has 1 saturated heterocycles. The minimum atomic E-state index is -0.550. The lowest BCUT2D eigenvalue weighted by Gasteiger charge is -2.55. The Balaban J connectivity index is 1.13. The molecule has 0 spiro atoms. The van der Waals surface area contributed by atoms with Crippen molar-refractivity contribution in [2.45, 2.75) is 75.4 Å². The van der Waals surface area contributed by atoms with Crippen LogP contribution in [0.4, 0.5) is 0 Å². The van der Waals surface area contributed by atoms with E-state index in [2.05, 4.69) is 182 Å². The Morgan fingerprint density at radius 1 is 0.397 bits per heavy atom. The molecule has 0 radical (unpaired) electrons. The summed E-state index contributed by atoms with van der Waals surface area (Å²) < 4.78 is 0. The number of hydrogen-bond donors (Lipinski definition) is 2. The van der Waals surface area contributed by atoms with E-state index < -0.39 is 11.1 Å². The second-order valence-electron chi connectivity index (χ2n) is 19.0. The van der Waals surface area contributed by atoms with Crippen molar-refractivity contribution < 1.29 is 0 Å². The van der Waals surface area contributed by atoms with Crippen LogP contribution in [0, 0.1) is 0 Å². The van der Waals surface area contributed by atoms with Crippen LogP contribution < -0.4 is 10.6 Å². The Morgan fingerprint density at radius 3 is 1.02 bits per heavy atom. The minimum absolute atomic E-state index is 0.219. The van der Waals surface area contributed by atoms with Crippen LogP contribution in [0.5, 0.6) is 0 Å². The third-order valence-corrected chi connectivity index (χ3v) is 15.7. The first-order chi connectivity index (χ1) is 31.1. The highest BCUT2D eigenvalue weighted by molar-refractivity contribution is 5.84. The quantitative estimate of drug-likeness (QED) is 0.149. The van der Waals surface area contributed by atoms with Gasteiger partial charge in [0.1, 0.15) is 0 Å². The summed E-state index contributed by atoms with van der Waals surface area (Å²) >= 11 is 0. The van der Waals surface area contributed by atoms with Gasteiger partial charge >= 0.3 is 0 Å². The average Bonchev–Trinajstić information content (AvgIpc) is 4.11. The van der Waals surface area contributed by atoms with Crippen LogP contribution in [0.25, 0.3) is 44.5 Å². The van der Waals surface area contributed by atoms with E-state index in [1.165, 1.54) is 111 Å². The average molecular weight is 813 g/mol. The summed E-state index contributed by atoms with van der Waals surface area (Å²) in [5.41, 5.74) is 27.3. The molecule has 0 saturated carbocycles. The molecule has 0 atom stereocenters. The third kappa shape index (κ3) is 5.51. The van der Waals surface area contributed by atoms with Crippen LogP contribution in [-0.2, 0) is 36.8 Å². The van der Waals surface area contributed by atoms with Gasteiger partial charge in [0.2, 0.25) is 0 Å². The summed E-state index contributed by atoms with van der Waals surface area (Å²) in [6.45, 7) is 3.32. The molecule has 2 heteroatoms. The highest BCUT2D eigenvalue weighted by Crippen LogP contribution is 2.57. The SMILES string of the molecule is CCCCNC1CC(c2cccc3c2Cc2ccccc2-3)(c2cccc3c2Cc2ccccc2-3)NC(c2cccc3c2Cc2ccccc2-3)(c2cccc3c2Cc2ccccc2-3)C1. The first-order valence-corrected chi connectivity index (χ1v) is 23.5. The zero-order valence-corrected chi connectivity index (χ0v) is 36.1. The van der Waals surface area contributed by atoms with E-state index in [9.17, 15) is 0 Å². The molecule has 306 valence electrons. The van der Waals surface area contributed by atoms with Crippen molar-refractivity contribution >= 4 is 0 Å². The Kier molecular flexibility index (Phi) is 8.49. The van der Waals surface area contributed by atoms with E-state index in [0.29, 0.717) is 0 Å². The number of fused-ring (bicyclic) bond motifs is 12. The number of hydrogen-bond acceptors (Lipinski definition) is 2. The molecule has 8 aromatic carbocycles. The first-order valence-electron chi connectivity index (χ1n) is 23.5. The van der Waals surface area contributed by atoms with Gasteiger partial charge in [0.05, 0.1) is 11.1 Å². The van der Waals surface area contributed by atoms with E-state index in [4.69, 9.17) is 5.32 Å². The molecule has 63 heavy (non-hydrogen) atoms. The number of nitrogens with one attached hydrogen (secondary N) is 2. The second kappa shape index (κ2) is 14.4. The number of rotatable bonds is 8. The van der Waals surface area contributed by atoms with Gasteiger partial charge < -0.3 is 5.32 Å². The molecule has 1 heterocycles. The van der Waals surface area contributed by atoms with Gasteiger partial charge in [0.25, 0.3) is 0 Å². The summed E-state index contributed by atoms with van der Waals surface area (Å²) in [5, 5.41) is 9.26. The Hall–Kier alpha value is -6.32. The maximum absolute atomic E-state index is 4.95. The van der Waals surface area contributed by atoms with Gasteiger partial charge in [-0.25, -0.2) is 0 Å². The van der Waals surface area contributed by atoms with Gasteiger partial charge in [-0.1, -0.05) is 183 Å². The molecule has 4 aliphatic carbocycles. The second-order valence-corrected chi connectivity index (χ2v) is 19.0. The highest BCUT2D eigenvalue weighted by atomic mass is 15.1. The smallest absolute Gasteiger partial charge is 0.0720 e. The van der Waals surface area contributed by atoms with Crippen molar-refractivity contribution in [3.63, 3.8) is 0 Å². The highest BCUT2D eigenvalue weighted by Gasteiger charge is 2.55. The van der Waals surface area contributed by atoms with Crippen LogP contribution in [0.2, 0.25) is 0 Å². The molecule has 0 aromatic heterocycles. The van der Waals surface area contributed by atoms with Gasteiger partial charge in [0, 0.05) is 6.04 Å². The fourth-order valence-corrected chi connectivity index (χ4v) is 13.1. The predicted octanol–water partition coefficient (Wildman–Crippen LogP) is 13.3. The molecule has 1 aliphatic heterocycles. The van der Waals surface area contributed by atoms with E-state index in [1.54, 1.807) is 0 Å². The van der Waals surface area contributed by atoms with Crippen molar-refractivity contribution in [1.29, 1.82) is 0 Å². The standard InChI is InChI=1S/C61H52N2/c1-2-3-32-62-43-37-60(56-28-12-24-48-44-20-8-4-16-39(44)33-52(48)56,57-29-13-25-49-45-21-9-5-17-40(45)34-53(49)57)63-61(38-43,58-30-14-26-50-46-22-10-6-18-41(46)35-54(50)58)59-31-15-27-51-47-23-11-7-19-42(47)36-55(51)59/h4-31,43,62-63H,2-3,32-38H2,1H3. The molecule has 8 aromatic rings. The zero-order chi connectivity index (χ0) is 41.7. The lowest BCUT2D eigenvalue weighted by Crippen LogP contribution is -2.65. The fraction of sp³-hybridized carbons (Fsp3) is 0.213. The molecule has 0 unspecified atom stereocenters. The van der Waals surface area contributed by atoms with E-state index in [1.807, 2.05) is 0 Å². The van der Waals surface area contributed by atoms with Gasteiger partial charge in [-0.3, -0.25) is 5.32 Å². The minimum Gasteiger partial charge on any atom is -0.314 e. The monoisotopic (exact) mass is 812 g/mol. The molecule has 0 bridgehead atoms. The van der Waals surface area contributed by atoms with Crippen LogP contribution in [0.15, 0.2) is 170 Å². The Morgan fingerprint density at radius 2 is 0.698 bits per heavy atom. The maximum Gasteiger partial charge on any atom is 0.0720 e. The number of benzene rings is 8. The summed E-state index contributed by atoms with van der Waals surface area (Å²) in [6.07, 6.45) is 7.97. The predicted molar refractivity (Wildman–Crippen MR) is 259 cm³/mol. The van der Waals surface area contributed by atoms with Crippen molar-refractivity contribution in [1.82, 2.24) is 10.6 Å². The molecular formula is C61H52N2. The number of unbranched alkanes of at least 4 members (excludes halogenated alkanes) is 1. The van der Waals surface area contributed by atoms with Crippen LogP contribution >= 0.6 is 0 Å². The lowest BCUT2D eigenvalue weighted by molar-refractivity contribution is 0.146. The maximum atomic E-state index is 4.95. The Labute approximate surface area is 372 Å². The van der Waals surface area contributed by atoms with E-state index in [-0.39, 0.29) is 6.04 Å². The summed E-state index contributed by atoms with van der Waals surface area (Å²) in [5.74, 6) is 0. The molecule has 2 nitrogen and oxygen atoms in total. The third-order valence-electron chi connectivity index (χ3n) is 15.7. The summed E-state index contributed by atoms with van der Waals surface area (Å²) in [6, 6.07) is 65.8. The normalized spacial score (nSPS) is 16.7. The zero-order valence-electron chi connectivity index (χ0n) is 36.1. The van der Waals surface area contributed by atoms with Crippen LogP contribution in [-0.4, -0.2) is 12.6 Å². The van der Waals surface area contributed by atoms with Crippen molar-refractivity contribution in [3.05, 3.63) is 237 Å². The summed E-state index contributed by atoms with van der Waals surface area (Å²) in [4.78, 5) is 0. The molecule has 2 N–H and O–H groups in total. The molecule has 1 fully saturated rings. The molecule has 0 amide bonds. The van der Waals surface area contributed by atoms with E-state index >= 15 is 0 Å². The van der Waals surface area contributed by atoms with Crippen molar-refractivity contribution in [3.8, 4) is 44.5 Å². The largest absolute Gasteiger partial charge is 0.314 e. The van der Waals surface area contributed by atoms with Crippen LogP contribution in [0.3, 0.4) is 0 Å².